The number of rotatable bonds is 5. The van der Waals surface area contributed by atoms with Crippen LogP contribution >= 0.6 is 0 Å². The molecular formula is C13H22N4O. The van der Waals surface area contributed by atoms with Crippen LogP contribution in [0.1, 0.15) is 26.3 Å². The molecule has 0 aliphatic heterocycles. The van der Waals surface area contributed by atoms with Crippen LogP contribution in [0.15, 0.2) is 18.3 Å². The summed E-state index contributed by atoms with van der Waals surface area (Å²) in [5, 5.41) is 3.39. The minimum absolute atomic E-state index is 0.0848. The van der Waals surface area contributed by atoms with Crippen LogP contribution < -0.4 is 16.0 Å². The lowest BCUT2D eigenvalue weighted by atomic mass is 10.1. The van der Waals surface area contributed by atoms with E-state index in [1.165, 1.54) is 0 Å². The SMILES string of the molecule is CN(CC(N)=O)c1ccc(CNC(C)(C)C)cn1. The minimum Gasteiger partial charge on any atom is -0.368 e. The number of amides is 1. The molecule has 0 aromatic carbocycles. The summed E-state index contributed by atoms with van der Waals surface area (Å²) in [5.74, 6) is 0.381. The summed E-state index contributed by atoms with van der Waals surface area (Å²) in [7, 11) is 1.79. The fourth-order valence-corrected chi connectivity index (χ4v) is 1.43. The van der Waals surface area contributed by atoms with Gasteiger partial charge in [0.15, 0.2) is 0 Å². The maximum absolute atomic E-state index is 10.8. The van der Waals surface area contributed by atoms with Crippen LogP contribution in [-0.4, -0.2) is 30.0 Å². The van der Waals surface area contributed by atoms with E-state index in [2.05, 4.69) is 31.1 Å². The van der Waals surface area contributed by atoms with E-state index in [-0.39, 0.29) is 18.0 Å². The Morgan fingerprint density at radius 3 is 2.56 bits per heavy atom. The number of carbonyl (C=O) groups excluding carboxylic acids is 1. The molecule has 0 spiro atoms. The third-order valence-electron chi connectivity index (χ3n) is 2.42. The Morgan fingerprint density at radius 1 is 1.44 bits per heavy atom. The second kappa shape index (κ2) is 5.82. The van der Waals surface area contributed by atoms with Gasteiger partial charge in [0.1, 0.15) is 5.82 Å². The van der Waals surface area contributed by atoms with E-state index in [9.17, 15) is 4.79 Å². The molecule has 5 heteroatoms. The molecule has 1 heterocycles. The highest BCUT2D eigenvalue weighted by molar-refractivity contribution is 5.78. The lowest BCUT2D eigenvalue weighted by molar-refractivity contribution is -0.116. The molecule has 3 N–H and O–H groups in total. The largest absolute Gasteiger partial charge is 0.368 e. The van der Waals surface area contributed by atoms with E-state index in [0.29, 0.717) is 0 Å². The van der Waals surface area contributed by atoms with Gasteiger partial charge in [-0.25, -0.2) is 4.98 Å². The van der Waals surface area contributed by atoms with Crippen LogP contribution in [-0.2, 0) is 11.3 Å². The molecule has 0 fully saturated rings. The molecule has 100 valence electrons. The van der Waals surface area contributed by atoms with E-state index < -0.39 is 0 Å². The zero-order chi connectivity index (χ0) is 13.8. The first-order valence-electron chi connectivity index (χ1n) is 5.97. The summed E-state index contributed by atoms with van der Waals surface area (Å²) >= 11 is 0. The summed E-state index contributed by atoms with van der Waals surface area (Å²) in [4.78, 5) is 16.8. The molecule has 1 aromatic rings. The summed E-state index contributed by atoms with van der Waals surface area (Å²) in [5.41, 5.74) is 6.33. The van der Waals surface area contributed by atoms with Crippen molar-refractivity contribution in [2.45, 2.75) is 32.9 Å². The van der Waals surface area contributed by atoms with Crippen LogP contribution in [0.25, 0.3) is 0 Å². The van der Waals surface area contributed by atoms with Gasteiger partial charge >= 0.3 is 0 Å². The van der Waals surface area contributed by atoms with E-state index in [0.717, 1.165) is 17.9 Å². The molecule has 5 nitrogen and oxygen atoms in total. The minimum atomic E-state index is -0.363. The van der Waals surface area contributed by atoms with Gasteiger partial charge in [0, 0.05) is 25.3 Å². The van der Waals surface area contributed by atoms with Crippen LogP contribution in [0.2, 0.25) is 0 Å². The highest BCUT2D eigenvalue weighted by atomic mass is 16.1. The van der Waals surface area contributed by atoms with Gasteiger partial charge in [0.05, 0.1) is 6.54 Å². The summed E-state index contributed by atoms with van der Waals surface area (Å²) < 4.78 is 0. The number of anilines is 1. The van der Waals surface area contributed by atoms with Gasteiger partial charge in [-0.05, 0) is 32.4 Å². The molecule has 0 atom stereocenters. The van der Waals surface area contributed by atoms with E-state index in [1.807, 2.05) is 18.3 Å². The van der Waals surface area contributed by atoms with Crippen molar-refractivity contribution in [2.75, 3.05) is 18.5 Å². The van der Waals surface area contributed by atoms with Crippen molar-refractivity contribution in [3.05, 3.63) is 23.9 Å². The first-order chi connectivity index (χ1) is 8.28. The topological polar surface area (TPSA) is 71.2 Å². The molecule has 0 bridgehead atoms. The number of hydrogen-bond acceptors (Lipinski definition) is 4. The van der Waals surface area contributed by atoms with Crippen molar-refractivity contribution in [2.24, 2.45) is 5.73 Å². The Morgan fingerprint density at radius 2 is 2.11 bits per heavy atom. The average Bonchev–Trinajstić information content (AvgIpc) is 2.25. The zero-order valence-electron chi connectivity index (χ0n) is 11.5. The van der Waals surface area contributed by atoms with Gasteiger partial charge in [0.25, 0.3) is 0 Å². The van der Waals surface area contributed by atoms with Crippen molar-refractivity contribution in [1.82, 2.24) is 10.3 Å². The van der Waals surface area contributed by atoms with E-state index in [1.54, 1.807) is 11.9 Å². The Bertz CT molecular complexity index is 394. The van der Waals surface area contributed by atoms with E-state index >= 15 is 0 Å². The van der Waals surface area contributed by atoms with Gasteiger partial charge in [-0.3, -0.25) is 4.79 Å². The van der Waals surface area contributed by atoms with Gasteiger partial charge in [-0.2, -0.15) is 0 Å². The smallest absolute Gasteiger partial charge is 0.236 e. The molecule has 0 unspecified atom stereocenters. The Kier molecular flexibility index (Phi) is 4.67. The molecule has 1 amide bonds. The van der Waals surface area contributed by atoms with Crippen LogP contribution in [0.4, 0.5) is 5.82 Å². The molecule has 18 heavy (non-hydrogen) atoms. The molecule has 0 aliphatic rings. The molecule has 1 rings (SSSR count). The number of aromatic nitrogens is 1. The number of hydrogen-bond donors (Lipinski definition) is 2. The highest BCUT2D eigenvalue weighted by Gasteiger charge is 2.09. The standard InChI is InChI=1S/C13H22N4O/c1-13(2,3)16-8-10-5-6-12(15-7-10)17(4)9-11(14)18/h5-7,16H,8-9H2,1-4H3,(H2,14,18). The Balaban J connectivity index is 2.60. The van der Waals surface area contributed by atoms with Crippen molar-refractivity contribution < 1.29 is 4.79 Å². The Labute approximate surface area is 108 Å². The fourth-order valence-electron chi connectivity index (χ4n) is 1.43. The predicted octanol–water partition coefficient (Wildman–Crippen LogP) is 0.891. The molecule has 0 saturated heterocycles. The van der Waals surface area contributed by atoms with Crippen molar-refractivity contribution in [1.29, 1.82) is 0 Å². The first-order valence-corrected chi connectivity index (χ1v) is 5.97. The maximum Gasteiger partial charge on any atom is 0.236 e. The summed E-state index contributed by atoms with van der Waals surface area (Å²) in [6.07, 6.45) is 1.81. The number of primary amides is 1. The second-order valence-corrected chi connectivity index (χ2v) is 5.45. The summed E-state index contributed by atoms with van der Waals surface area (Å²) in [6, 6.07) is 3.89. The number of carbonyl (C=O) groups is 1. The third-order valence-corrected chi connectivity index (χ3v) is 2.42. The Hall–Kier alpha value is -1.62. The monoisotopic (exact) mass is 250 g/mol. The summed E-state index contributed by atoms with van der Waals surface area (Å²) in [6.45, 7) is 7.31. The van der Waals surface area contributed by atoms with Gasteiger partial charge in [0.2, 0.25) is 5.91 Å². The number of nitrogens with zero attached hydrogens (tertiary/aromatic N) is 2. The maximum atomic E-state index is 10.8. The highest BCUT2D eigenvalue weighted by Crippen LogP contribution is 2.10. The molecule has 1 aromatic heterocycles. The van der Waals surface area contributed by atoms with Crippen LogP contribution in [0.5, 0.6) is 0 Å². The number of nitrogens with one attached hydrogen (secondary N) is 1. The first kappa shape index (κ1) is 14.4. The lowest BCUT2D eigenvalue weighted by Gasteiger charge is -2.21. The molecular weight excluding hydrogens is 228 g/mol. The van der Waals surface area contributed by atoms with Gasteiger partial charge in [-0.1, -0.05) is 6.07 Å². The fraction of sp³-hybridized carbons (Fsp3) is 0.538. The van der Waals surface area contributed by atoms with Crippen molar-refractivity contribution in [3.63, 3.8) is 0 Å². The normalized spacial score (nSPS) is 11.3. The quantitative estimate of drug-likeness (QED) is 0.814. The molecule has 0 radical (unpaired) electrons. The average molecular weight is 250 g/mol. The van der Waals surface area contributed by atoms with Crippen LogP contribution in [0, 0.1) is 0 Å². The lowest BCUT2D eigenvalue weighted by Crippen LogP contribution is -2.35. The number of pyridine rings is 1. The number of likely N-dealkylation sites (N-methyl/N-ethyl adjacent to an activating group) is 1. The van der Waals surface area contributed by atoms with Crippen LogP contribution in [0.3, 0.4) is 0 Å². The predicted molar refractivity (Wildman–Crippen MR) is 73.3 cm³/mol. The molecule has 0 saturated carbocycles. The van der Waals surface area contributed by atoms with Crippen molar-refractivity contribution in [3.8, 4) is 0 Å². The van der Waals surface area contributed by atoms with Gasteiger partial charge in [-0.15, -0.1) is 0 Å². The zero-order valence-corrected chi connectivity index (χ0v) is 11.5. The second-order valence-electron chi connectivity index (χ2n) is 5.45. The molecule has 0 aliphatic carbocycles. The van der Waals surface area contributed by atoms with Crippen molar-refractivity contribution >= 4 is 11.7 Å². The van der Waals surface area contributed by atoms with Gasteiger partial charge < -0.3 is 16.0 Å². The van der Waals surface area contributed by atoms with E-state index in [4.69, 9.17) is 5.73 Å². The third kappa shape index (κ3) is 5.14. The number of nitrogens with two attached hydrogens (primary N) is 1.